The molecule has 180 valence electrons. The predicted molar refractivity (Wildman–Crippen MR) is 133 cm³/mol. The van der Waals surface area contributed by atoms with E-state index in [4.69, 9.17) is 4.74 Å². The number of hydrogen-bond acceptors (Lipinski definition) is 4. The lowest BCUT2D eigenvalue weighted by Crippen LogP contribution is -2.18. The minimum absolute atomic E-state index is 0.0127. The Morgan fingerprint density at radius 3 is 2.44 bits per heavy atom. The number of pyridine rings is 2. The largest absolute Gasteiger partial charge is 0.485 e. The molecule has 0 spiro atoms. The Morgan fingerprint density at radius 2 is 1.75 bits per heavy atom. The molecule has 0 atom stereocenters. The molecule has 0 aliphatic carbocycles. The zero-order valence-corrected chi connectivity index (χ0v) is 19.6. The molecule has 0 unspecified atom stereocenters. The monoisotopic (exact) mass is 484 g/mol. The highest BCUT2D eigenvalue weighted by molar-refractivity contribution is 5.92. The number of aryl methyl sites for hydroxylation is 1. The molecule has 0 saturated carbocycles. The van der Waals surface area contributed by atoms with Gasteiger partial charge >= 0.3 is 0 Å². The fourth-order valence-corrected chi connectivity index (χ4v) is 4.05. The Bertz CT molecular complexity index is 1560. The number of ether oxygens (including phenoxy) is 1. The Balaban J connectivity index is 1.40. The molecule has 3 aromatic heterocycles. The Labute approximate surface area is 206 Å². The second-order valence-electron chi connectivity index (χ2n) is 8.22. The maximum Gasteiger partial charge on any atom is 0.269 e. The van der Waals surface area contributed by atoms with Crippen molar-refractivity contribution in [1.82, 2.24) is 19.7 Å². The SMILES string of the molecule is CNC(=O)c1ccc(-c2c(C)nc3c(OCc4ccc(-c5ccc(F)cc5)cc4F)cccn23)cn1. The van der Waals surface area contributed by atoms with Crippen LogP contribution in [-0.2, 0) is 6.61 Å². The summed E-state index contributed by atoms with van der Waals surface area (Å²) in [5.41, 5.74) is 5.06. The number of amides is 1. The van der Waals surface area contributed by atoms with Gasteiger partial charge in [0.05, 0.1) is 11.4 Å². The summed E-state index contributed by atoms with van der Waals surface area (Å²) >= 11 is 0. The first-order valence-corrected chi connectivity index (χ1v) is 11.3. The number of aromatic nitrogens is 3. The van der Waals surface area contributed by atoms with E-state index in [0.29, 0.717) is 28.2 Å². The number of hydrogen-bond donors (Lipinski definition) is 1. The fraction of sp³-hybridized carbons (Fsp3) is 0.107. The van der Waals surface area contributed by atoms with Crippen LogP contribution in [0, 0.1) is 18.6 Å². The fourth-order valence-electron chi connectivity index (χ4n) is 4.05. The smallest absolute Gasteiger partial charge is 0.269 e. The van der Waals surface area contributed by atoms with E-state index in [1.807, 2.05) is 29.7 Å². The molecule has 2 aromatic carbocycles. The molecule has 1 N–H and O–H groups in total. The van der Waals surface area contributed by atoms with Crippen molar-refractivity contribution in [3.63, 3.8) is 0 Å². The molecule has 6 nitrogen and oxygen atoms in total. The van der Waals surface area contributed by atoms with Crippen LogP contribution in [0.2, 0.25) is 0 Å². The van der Waals surface area contributed by atoms with Crippen molar-refractivity contribution in [2.75, 3.05) is 7.05 Å². The van der Waals surface area contributed by atoms with E-state index >= 15 is 0 Å². The number of imidazole rings is 1. The Hall–Kier alpha value is -4.59. The van der Waals surface area contributed by atoms with Gasteiger partial charge in [-0.05, 0) is 60.5 Å². The Morgan fingerprint density at radius 1 is 1.00 bits per heavy atom. The number of fused-ring (bicyclic) bond motifs is 1. The number of halogens is 2. The molecular formula is C28H22F2N4O2. The van der Waals surface area contributed by atoms with E-state index in [-0.39, 0.29) is 18.3 Å². The molecule has 0 aliphatic heterocycles. The Kier molecular flexibility index (Phi) is 6.16. The van der Waals surface area contributed by atoms with Crippen LogP contribution in [0.4, 0.5) is 8.78 Å². The molecule has 0 radical (unpaired) electrons. The van der Waals surface area contributed by atoms with Crippen LogP contribution in [0.1, 0.15) is 21.7 Å². The standard InChI is InChI=1S/C28H22F2N4O2/c1-17-26(20-9-12-24(32-15-20)28(35)31-2)34-13-3-4-25(27(34)33-17)36-16-21-6-5-19(14-23(21)30)18-7-10-22(29)11-8-18/h3-15H,16H2,1-2H3,(H,31,35). The number of carbonyl (C=O) groups excluding carboxylic acids is 1. The van der Waals surface area contributed by atoms with Crippen LogP contribution in [-0.4, -0.2) is 27.3 Å². The summed E-state index contributed by atoms with van der Waals surface area (Å²) in [6.45, 7) is 1.89. The van der Waals surface area contributed by atoms with Crippen molar-refractivity contribution in [2.24, 2.45) is 0 Å². The summed E-state index contributed by atoms with van der Waals surface area (Å²) in [4.78, 5) is 20.7. The van der Waals surface area contributed by atoms with Crippen LogP contribution in [0.5, 0.6) is 5.75 Å². The molecule has 5 rings (SSSR count). The van der Waals surface area contributed by atoms with E-state index < -0.39 is 5.82 Å². The molecule has 8 heteroatoms. The van der Waals surface area contributed by atoms with Gasteiger partial charge in [0.1, 0.15) is 23.9 Å². The second-order valence-corrected chi connectivity index (χ2v) is 8.22. The van der Waals surface area contributed by atoms with Crippen molar-refractivity contribution in [2.45, 2.75) is 13.5 Å². The van der Waals surface area contributed by atoms with Crippen molar-refractivity contribution in [1.29, 1.82) is 0 Å². The number of nitrogens with zero attached hydrogens (tertiary/aromatic N) is 3. The van der Waals surface area contributed by atoms with Crippen LogP contribution < -0.4 is 10.1 Å². The second kappa shape index (κ2) is 9.58. The lowest BCUT2D eigenvalue weighted by molar-refractivity contribution is 0.0958. The first-order chi connectivity index (χ1) is 17.4. The molecular weight excluding hydrogens is 462 g/mol. The quantitative estimate of drug-likeness (QED) is 0.341. The zero-order valence-electron chi connectivity index (χ0n) is 19.6. The third-order valence-electron chi connectivity index (χ3n) is 5.90. The highest BCUT2D eigenvalue weighted by Gasteiger charge is 2.16. The van der Waals surface area contributed by atoms with Gasteiger partial charge < -0.3 is 10.1 Å². The van der Waals surface area contributed by atoms with Crippen molar-refractivity contribution < 1.29 is 18.3 Å². The van der Waals surface area contributed by atoms with E-state index in [2.05, 4.69) is 15.3 Å². The highest BCUT2D eigenvalue weighted by Crippen LogP contribution is 2.30. The van der Waals surface area contributed by atoms with Gasteiger partial charge in [0.2, 0.25) is 0 Å². The molecule has 0 bridgehead atoms. The van der Waals surface area contributed by atoms with E-state index in [1.54, 1.807) is 49.6 Å². The zero-order chi connectivity index (χ0) is 25.2. The number of nitrogens with one attached hydrogen (secondary N) is 1. The van der Waals surface area contributed by atoms with Gasteiger partial charge in [-0.1, -0.05) is 24.3 Å². The average molecular weight is 485 g/mol. The van der Waals surface area contributed by atoms with Crippen LogP contribution >= 0.6 is 0 Å². The summed E-state index contributed by atoms with van der Waals surface area (Å²) in [5, 5.41) is 2.55. The topological polar surface area (TPSA) is 68.5 Å². The van der Waals surface area contributed by atoms with Gasteiger partial charge in [-0.15, -0.1) is 0 Å². The molecule has 1 amide bonds. The summed E-state index contributed by atoms with van der Waals surface area (Å²) in [6, 6.07) is 17.9. The van der Waals surface area contributed by atoms with Crippen LogP contribution in [0.25, 0.3) is 28.0 Å². The maximum atomic E-state index is 14.8. The van der Waals surface area contributed by atoms with E-state index in [0.717, 1.165) is 22.5 Å². The normalized spacial score (nSPS) is 11.0. The predicted octanol–water partition coefficient (Wildman–Crippen LogP) is 5.59. The molecule has 36 heavy (non-hydrogen) atoms. The first-order valence-electron chi connectivity index (χ1n) is 11.3. The lowest BCUT2D eigenvalue weighted by Gasteiger charge is -2.10. The van der Waals surface area contributed by atoms with E-state index in [9.17, 15) is 13.6 Å². The van der Waals surface area contributed by atoms with Gasteiger partial charge in [-0.2, -0.15) is 0 Å². The number of benzene rings is 2. The summed E-state index contributed by atoms with van der Waals surface area (Å²) in [6.07, 6.45) is 3.49. The van der Waals surface area contributed by atoms with Crippen LogP contribution in [0.3, 0.4) is 0 Å². The van der Waals surface area contributed by atoms with Gasteiger partial charge in [0, 0.05) is 30.6 Å². The average Bonchev–Trinajstić information content (AvgIpc) is 3.24. The number of rotatable bonds is 6. The highest BCUT2D eigenvalue weighted by atomic mass is 19.1. The first kappa shape index (κ1) is 23.2. The van der Waals surface area contributed by atoms with E-state index in [1.165, 1.54) is 18.2 Å². The maximum absolute atomic E-state index is 14.8. The summed E-state index contributed by atoms with van der Waals surface area (Å²) in [7, 11) is 1.56. The molecule has 0 aliphatic rings. The van der Waals surface area contributed by atoms with Gasteiger partial charge in [0.15, 0.2) is 11.4 Å². The molecule has 0 fully saturated rings. The summed E-state index contributed by atoms with van der Waals surface area (Å²) < 4.78 is 35.9. The van der Waals surface area contributed by atoms with Gasteiger partial charge in [-0.3, -0.25) is 14.2 Å². The lowest BCUT2D eigenvalue weighted by atomic mass is 10.0. The third-order valence-corrected chi connectivity index (χ3v) is 5.90. The summed E-state index contributed by atoms with van der Waals surface area (Å²) in [5.74, 6) is -0.506. The molecule has 3 heterocycles. The van der Waals surface area contributed by atoms with Crippen LogP contribution in [0.15, 0.2) is 79.1 Å². The number of carbonyl (C=O) groups is 1. The molecule has 0 saturated heterocycles. The minimum Gasteiger partial charge on any atom is -0.485 e. The van der Waals surface area contributed by atoms with Crippen molar-refractivity contribution >= 4 is 11.6 Å². The third kappa shape index (κ3) is 4.40. The van der Waals surface area contributed by atoms with Crippen molar-refractivity contribution in [3.05, 3.63) is 108 Å². The van der Waals surface area contributed by atoms with Gasteiger partial charge in [0.25, 0.3) is 5.91 Å². The van der Waals surface area contributed by atoms with Gasteiger partial charge in [-0.25, -0.2) is 13.8 Å². The molecule has 5 aromatic rings. The minimum atomic E-state index is -0.411. The van der Waals surface area contributed by atoms with Crippen molar-refractivity contribution in [3.8, 4) is 28.1 Å².